The Morgan fingerprint density at radius 2 is 1.79 bits per heavy atom. The van der Waals surface area contributed by atoms with Crippen LogP contribution in [0.5, 0.6) is 0 Å². The van der Waals surface area contributed by atoms with Crippen LogP contribution in [-0.2, 0) is 7.05 Å². The van der Waals surface area contributed by atoms with E-state index in [4.69, 9.17) is 0 Å². The predicted molar refractivity (Wildman–Crippen MR) is 81.2 cm³/mol. The van der Waals surface area contributed by atoms with Crippen LogP contribution < -0.4 is 10.2 Å². The molecule has 1 aromatic carbocycles. The maximum atomic E-state index is 4.44. The molecule has 0 aliphatic rings. The molecule has 4 nitrogen and oxygen atoms in total. The number of hydrogen-bond acceptors (Lipinski definition) is 3. The number of aromatic nitrogens is 2. The lowest BCUT2D eigenvalue weighted by Crippen LogP contribution is -2.21. The van der Waals surface area contributed by atoms with E-state index in [1.165, 1.54) is 5.69 Å². The van der Waals surface area contributed by atoms with Crippen molar-refractivity contribution in [2.75, 3.05) is 23.3 Å². The number of anilines is 3. The van der Waals surface area contributed by atoms with Crippen LogP contribution in [0.2, 0.25) is 0 Å². The van der Waals surface area contributed by atoms with E-state index in [-0.39, 0.29) is 0 Å². The fraction of sp³-hybridized carbons (Fsp3) is 0.400. The second-order valence-corrected chi connectivity index (χ2v) is 4.66. The van der Waals surface area contributed by atoms with Crippen LogP contribution in [0.3, 0.4) is 0 Å². The number of nitrogens with zero attached hydrogens (tertiary/aromatic N) is 3. The van der Waals surface area contributed by atoms with Crippen LogP contribution >= 0.6 is 0 Å². The van der Waals surface area contributed by atoms with E-state index in [9.17, 15) is 0 Å². The van der Waals surface area contributed by atoms with E-state index in [0.29, 0.717) is 0 Å². The Morgan fingerprint density at radius 1 is 1.16 bits per heavy atom. The summed E-state index contributed by atoms with van der Waals surface area (Å²) >= 11 is 0. The molecule has 102 valence electrons. The second kappa shape index (κ2) is 5.78. The van der Waals surface area contributed by atoms with Crippen LogP contribution in [0.15, 0.2) is 30.5 Å². The highest BCUT2D eigenvalue weighted by molar-refractivity contribution is 5.59. The van der Waals surface area contributed by atoms with Gasteiger partial charge in [0.05, 0.1) is 5.69 Å². The van der Waals surface area contributed by atoms with Crippen LogP contribution in [0.25, 0.3) is 0 Å². The monoisotopic (exact) mass is 258 g/mol. The van der Waals surface area contributed by atoms with Crippen molar-refractivity contribution in [3.05, 3.63) is 36.2 Å². The SMILES string of the molecule is CCN(CC)c1ccc(Nc2nc(C)cn2C)cc1. The van der Waals surface area contributed by atoms with Gasteiger partial charge in [-0.3, -0.25) is 0 Å². The summed E-state index contributed by atoms with van der Waals surface area (Å²) in [4.78, 5) is 6.76. The van der Waals surface area contributed by atoms with Crippen molar-refractivity contribution < 1.29 is 0 Å². The Kier molecular flexibility index (Phi) is 4.10. The third kappa shape index (κ3) is 3.08. The van der Waals surface area contributed by atoms with Gasteiger partial charge < -0.3 is 14.8 Å². The zero-order valence-corrected chi connectivity index (χ0v) is 12.1. The number of benzene rings is 1. The Morgan fingerprint density at radius 3 is 2.26 bits per heavy atom. The third-order valence-electron chi connectivity index (χ3n) is 3.25. The topological polar surface area (TPSA) is 33.1 Å². The molecule has 0 saturated carbocycles. The summed E-state index contributed by atoms with van der Waals surface area (Å²) in [5.41, 5.74) is 3.33. The molecule has 2 aromatic rings. The van der Waals surface area contributed by atoms with Crippen molar-refractivity contribution in [3.63, 3.8) is 0 Å². The molecule has 0 aliphatic heterocycles. The van der Waals surface area contributed by atoms with Crippen molar-refractivity contribution in [2.45, 2.75) is 20.8 Å². The van der Waals surface area contributed by atoms with E-state index in [1.807, 2.05) is 24.7 Å². The van der Waals surface area contributed by atoms with Crippen molar-refractivity contribution in [1.82, 2.24) is 9.55 Å². The van der Waals surface area contributed by atoms with E-state index < -0.39 is 0 Å². The zero-order valence-electron chi connectivity index (χ0n) is 12.1. The molecule has 1 heterocycles. The molecule has 0 aliphatic carbocycles. The summed E-state index contributed by atoms with van der Waals surface area (Å²) in [7, 11) is 1.99. The minimum absolute atomic E-state index is 0.869. The second-order valence-electron chi connectivity index (χ2n) is 4.66. The maximum Gasteiger partial charge on any atom is 0.207 e. The maximum absolute atomic E-state index is 4.44. The minimum Gasteiger partial charge on any atom is -0.372 e. The smallest absolute Gasteiger partial charge is 0.207 e. The first-order valence-corrected chi connectivity index (χ1v) is 6.76. The van der Waals surface area contributed by atoms with Gasteiger partial charge in [-0.05, 0) is 45.0 Å². The lowest BCUT2D eigenvalue weighted by Gasteiger charge is -2.21. The molecule has 0 bridgehead atoms. The number of hydrogen-bond donors (Lipinski definition) is 1. The van der Waals surface area contributed by atoms with E-state index in [1.54, 1.807) is 0 Å². The average molecular weight is 258 g/mol. The van der Waals surface area contributed by atoms with E-state index in [2.05, 4.69) is 53.3 Å². The van der Waals surface area contributed by atoms with Gasteiger partial charge in [0.1, 0.15) is 0 Å². The Balaban J connectivity index is 2.12. The number of nitrogens with one attached hydrogen (secondary N) is 1. The van der Waals surface area contributed by atoms with Crippen molar-refractivity contribution in [3.8, 4) is 0 Å². The van der Waals surface area contributed by atoms with Gasteiger partial charge >= 0.3 is 0 Å². The lowest BCUT2D eigenvalue weighted by atomic mass is 10.2. The molecular weight excluding hydrogens is 236 g/mol. The first-order chi connectivity index (χ1) is 9.13. The highest BCUT2D eigenvalue weighted by Crippen LogP contribution is 2.20. The van der Waals surface area contributed by atoms with Gasteiger partial charge in [-0.15, -0.1) is 0 Å². The summed E-state index contributed by atoms with van der Waals surface area (Å²) in [6, 6.07) is 8.48. The van der Waals surface area contributed by atoms with Crippen LogP contribution in [-0.4, -0.2) is 22.6 Å². The molecule has 19 heavy (non-hydrogen) atoms. The summed E-state index contributed by atoms with van der Waals surface area (Å²) in [6.45, 7) is 8.40. The summed E-state index contributed by atoms with van der Waals surface area (Å²) in [5, 5.41) is 3.33. The Bertz CT molecular complexity index is 524. The fourth-order valence-corrected chi connectivity index (χ4v) is 2.21. The van der Waals surface area contributed by atoms with Gasteiger partial charge in [0, 0.05) is 37.7 Å². The van der Waals surface area contributed by atoms with Gasteiger partial charge in [0.2, 0.25) is 5.95 Å². The van der Waals surface area contributed by atoms with Crippen molar-refractivity contribution >= 4 is 17.3 Å². The van der Waals surface area contributed by atoms with Gasteiger partial charge in [0.15, 0.2) is 0 Å². The highest BCUT2D eigenvalue weighted by Gasteiger charge is 2.04. The molecule has 0 amide bonds. The predicted octanol–water partition coefficient (Wildman–Crippen LogP) is 3.32. The first kappa shape index (κ1) is 13.5. The third-order valence-corrected chi connectivity index (χ3v) is 3.25. The molecule has 0 fully saturated rings. The lowest BCUT2D eigenvalue weighted by molar-refractivity contribution is 0.866. The Hall–Kier alpha value is -1.97. The molecule has 4 heteroatoms. The van der Waals surface area contributed by atoms with Gasteiger partial charge in [-0.2, -0.15) is 0 Å². The molecule has 1 aromatic heterocycles. The molecule has 0 atom stereocenters. The molecular formula is C15H22N4. The van der Waals surface area contributed by atoms with E-state index >= 15 is 0 Å². The number of aryl methyl sites for hydroxylation is 2. The average Bonchev–Trinajstić information content (AvgIpc) is 2.71. The fourth-order valence-electron chi connectivity index (χ4n) is 2.21. The number of imidazole rings is 1. The van der Waals surface area contributed by atoms with Gasteiger partial charge in [0.25, 0.3) is 0 Å². The highest BCUT2D eigenvalue weighted by atomic mass is 15.2. The van der Waals surface area contributed by atoms with Crippen LogP contribution in [0, 0.1) is 6.92 Å². The summed E-state index contributed by atoms with van der Waals surface area (Å²) in [5.74, 6) is 0.869. The quantitative estimate of drug-likeness (QED) is 0.893. The minimum atomic E-state index is 0.869. The normalized spacial score (nSPS) is 10.5. The first-order valence-electron chi connectivity index (χ1n) is 6.76. The molecule has 2 rings (SSSR count). The standard InChI is InChI=1S/C15H22N4/c1-5-19(6-2)14-9-7-13(8-10-14)17-15-16-12(3)11-18(15)4/h7-11H,5-6H2,1-4H3,(H,16,17). The molecule has 1 N–H and O–H groups in total. The molecule has 0 spiro atoms. The van der Waals surface area contributed by atoms with Crippen molar-refractivity contribution in [2.24, 2.45) is 7.05 Å². The summed E-state index contributed by atoms with van der Waals surface area (Å²) in [6.07, 6.45) is 2.01. The Labute approximate surface area is 115 Å². The van der Waals surface area contributed by atoms with Crippen molar-refractivity contribution in [1.29, 1.82) is 0 Å². The van der Waals surface area contributed by atoms with Crippen LogP contribution in [0.4, 0.5) is 17.3 Å². The molecule has 0 radical (unpaired) electrons. The van der Waals surface area contributed by atoms with Crippen LogP contribution in [0.1, 0.15) is 19.5 Å². The molecule has 0 saturated heterocycles. The largest absolute Gasteiger partial charge is 0.372 e. The van der Waals surface area contributed by atoms with Gasteiger partial charge in [-0.25, -0.2) is 4.98 Å². The molecule has 0 unspecified atom stereocenters. The zero-order chi connectivity index (χ0) is 13.8. The van der Waals surface area contributed by atoms with E-state index in [0.717, 1.165) is 30.4 Å². The number of rotatable bonds is 5. The van der Waals surface area contributed by atoms with Gasteiger partial charge in [-0.1, -0.05) is 0 Å². The summed E-state index contributed by atoms with van der Waals surface area (Å²) < 4.78 is 1.99.